The van der Waals surface area contributed by atoms with Crippen molar-refractivity contribution < 1.29 is 24.2 Å². The number of amides is 2. The van der Waals surface area contributed by atoms with Gasteiger partial charge in [-0.15, -0.1) is 0 Å². The van der Waals surface area contributed by atoms with E-state index in [4.69, 9.17) is 15.2 Å². The number of nitrogens with two attached hydrogens (primary N) is 1. The van der Waals surface area contributed by atoms with Crippen molar-refractivity contribution in [2.24, 2.45) is 7.05 Å². The molecule has 0 bridgehead atoms. The second kappa shape index (κ2) is 19.4. The fraction of sp³-hybridized carbons (Fsp3) is 0.326. The first-order valence-corrected chi connectivity index (χ1v) is 19.5. The van der Waals surface area contributed by atoms with Gasteiger partial charge in [0.1, 0.15) is 0 Å². The number of benzene rings is 4. The molecule has 0 saturated carbocycles. The van der Waals surface area contributed by atoms with E-state index in [1.807, 2.05) is 66.3 Å². The molecule has 0 spiro atoms. The van der Waals surface area contributed by atoms with Gasteiger partial charge in [-0.2, -0.15) is 0 Å². The number of nitrogens with zero attached hydrogens (tertiary/aromatic N) is 2. The van der Waals surface area contributed by atoms with E-state index < -0.39 is 6.29 Å². The van der Waals surface area contributed by atoms with Crippen LogP contribution in [0.4, 0.5) is 11.4 Å². The summed E-state index contributed by atoms with van der Waals surface area (Å²) in [6.07, 6.45) is 7.90. The second-order valence-corrected chi connectivity index (χ2v) is 14.6. The third-order valence-electron chi connectivity index (χ3n) is 9.52. The first kappa shape index (κ1) is 38.8. The molecule has 5 aromatic rings. The van der Waals surface area contributed by atoms with Crippen molar-refractivity contribution in [1.29, 1.82) is 0 Å². The lowest BCUT2D eigenvalue weighted by atomic mass is 9.99. The molecule has 10 nitrogen and oxygen atoms in total. The van der Waals surface area contributed by atoms with E-state index in [1.165, 1.54) is 0 Å². The fourth-order valence-corrected chi connectivity index (χ4v) is 7.36. The van der Waals surface area contributed by atoms with Gasteiger partial charge in [0.15, 0.2) is 11.4 Å². The smallest absolute Gasteiger partial charge is 0.224 e. The predicted octanol–water partition coefficient (Wildman–Crippen LogP) is 8.09. The summed E-state index contributed by atoms with van der Waals surface area (Å²) in [6.45, 7) is 0.457. The molecule has 3 atom stereocenters. The maximum absolute atomic E-state index is 12.6. The van der Waals surface area contributed by atoms with Gasteiger partial charge in [0.05, 0.1) is 30.2 Å². The van der Waals surface area contributed by atoms with Crippen LogP contribution in [-0.4, -0.2) is 38.3 Å². The molecule has 4 aromatic carbocycles. The van der Waals surface area contributed by atoms with Crippen LogP contribution in [0, 0.1) is 0 Å². The first-order valence-electron chi connectivity index (χ1n) is 18.6. The Labute approximate surface area is 321 Å². The van der Waals surface area contributed by atoms with Gasteiger partial charge in [0.25, 0.3) is 0 Å². The van der Waals surface area contributed by atoms with Crippen LogP contribution in [0.15, 0.2) is 115 Å². The van der Waals surface area contributed by atoms with E-state index in [0.717, 1.165) is 70.0 Å². The summed E-state index contributed by atoms with van der Waals surface area (Å²) in [5.41, 5.74) is 13.1. The molecule has 1 aliphatic heterocycles. The van der Waals surface area contributed by atoms with Crippen molar-refractivity contribution >= 4 is 35.0 Å². The molecule has 5 N–H and O–H groups in total. The maximum Gasteiger partial charge on any atom is 0.224 e. The molecule has 0 unspecified atom stereocenters. The molecule has 0 radical (unpaired) electrons. The Bertz CT molecular complexity index is 1970. The number of ether oxygens (including phenoxy) is 2. The summed E-state index contributed by atoms with van der Waals surface area (Å²) in [5.74, 6) is 0.713. The molecule has 11 heteroatoms. The maximum atomic E-state index is 12.6. The molecule has 1 fully saturated rings. The topological polar surface area (TPSA) is 141 Å². The van der Waals surface area contributed by atoms with Crippen LogP contribution in [-0.2, 0) is 39.3 Å². The molecule has 1 aliphatic rings. The van der Waals surface area contributed by atoms with Crippen LogP contribution >= 0.6 is 11.8 Å². The summed E-state index contributed by atoms with van der Waals surface area (Å²) in [4.78, 5) is 29.3. The second-order valence-electron chi connectivity index (χ2n) is 13.6. The van der Waals surface area contributed by atoms with Crippen LogP contribution in [0.3, 0.4) is 0 Å². The molecule has 282 valence electrons. The summed E-state index contributed by atoms with van der Waals surface area (Å²) in [5, 5.41) is 16.4. The molecule has 6 rings (SSSR count). The van der Waals surface area contributed by atoms with E-state index in [-0.39, 0.29) is 30.6 Å². The largest absolute Gasteiger partial charge is 0.397 e. The number of unbranched alkanes of at least 4 members (excludes halogenated alkanes) is 3. The Morgan fingerprint density at radius 3 is 2.31 bits per heavy atom. The van der Waals surface area contributed by atoms with Crippen molar-refractivity contribution in [2.45, 2.75) is 81.8 Å². The monoisotopic (exact) mass is 747 g/mol. The molecular formula is C43H49N5O5S. The number of aliphatic hydroxyl groups excluding tert-OH is 1. The number of thioether (sulfide) groups is 1. The lowest BCUT2D eigenvalue weighted by Crippen LogP contribution is -2.31. The average molecular weight is 748 g/mol. The Kier molecular flexibility index (Phi) is 13.9. The van der Waals surface area contributed by atoms with Crippen LogP contribution in [0.2, 0.25) is 0 Å². The van der Waals surface area contributed by atoms with Gasteiger partial charge in [-0.1, -0.05) is 103 Å². The van der Waals surface area contributed by atoms with Crippen molar-refractivity contribution in [1.82, 2.24) is 14.9 Å². The van der Waals surface area contributed by atoms with Gasteiger partial charge in [-0.3, -0.25) is 9.59 Å². The number of nitrogen functional groups attached to an aromatic ring is 1. The normalized spacial score (nSPS) is 16.9. The highest BCUT2D eigenvalue weighted by atomic mass is 32.2. The predicted molar refractivity (Wildman–Crippen MR) is 213 cm³/mol. The van der Waals surface area contributed by atoms with Crippen molar-refractivity contribution in [2.75, 3.05) is 16.8 Å². The zero-order chi connectivity index (χ0) is 37.7. The van der Waals surface area contributed by atoms with Gasteiger partial charge >= 0.3 is 0 Å². The minimum Gasteiger partial charge on any atom is -0.397 e. The van der Waals surface area contributed by atoms with Gasteiger partial charge in [-0.05, 0) is 58.9 Å². The number of aryl methyl sites for hydroxylation is 1. The van der Waals surface area contributed by atoms with Crippen molar-refractivity contribution in [3.8, 4) is 11.1 Å². The Morgan fingerprint density at radius 2 is 1.59 bits per heavy atom. The van der Waals surface area contributed by atoms with Gasteiger partial charge < -0.3 is 35.5 Å². The third-order valence-corrected chi connectivity index (χ3v) is 10.7. The third kappa shape index (κ3) is 11.0. The molecule has 1 aromatic heterocycles. The average Bonchev–Trinajstić information content (AvgIpc) is 3.62. The number of anilines is 2. The zero-order valence-electron chi connectivity index (χ0n) is 30.7. The number of rotatable bonds is 17. The number of para-hydroxylation sites is 2. The standard InChI is InChI=1S/C43H49N5O5S/c1-48-24-23-45-43(48)54-29-36-26-39(33-17-15-30(28-49)16-18-33)53-42(52-36)34-21-19-32(20-22-34)35-10-8-9-31(25-35)27-46-40(50)13-4-2-3-5-14-41(51)47-38-12-7-6-11-37(38)44/h6-12,15-25,36,39,42,49H,2-5,13-14,26-29,44H2,1H3,(H,46,50)(H,47,51)/t36-,39+,42+/m0/s1. The summed E-state index contributed by atoms with van der Waals surface area (Å²) < 4.78 is 15.1. The molecule has 54 heavy (non-hydrogen) atoms. The molecule has 2 amide bonds. The highest BCUT2D eigenvalue weighted by molar-refractivity contribution is 7.99. The van der Waals surface area contributed by atoms with Crippen molar-refractivity contribution in [3.63, 3.8) is 0 Å². The first-order chi connectivity index (χ1) is 26.3. The van der Waals surface area contributed by atoms with E-state index in [1.54, 1.807) is 30.1 Å². The number of carbonyl (C=O) groups is 2. The van der Waals surface area contributed by atoms with E-state index in [9.17, 15) is 14.7 Å². The minimum atomic E-state index is -0.539. The zero-order valence-corrected chi connectivity index (χ0v) is 31.5. The molecular weight excluding hydrogens is 699 g/mol. The lowest BCUT2D eigenvalue weighted by Gasteiger charge is -2.36. The molecule has 2 heterocycles. The van der Waals surface area contributed by atoms with Crippen molar-refractivity contribution in [3.05, 3.63) is 132 Å². The number of aliphatic hydroxyl groups is 1. The summed E-state index contributed by atoms with van der Waals surface area (Å²) >= 11 is 1.67. The van der Waals surface area contributed by atoms with Gasteiger partial charge in [0, 0.05) is 56.6 Å². The van der Waals surface area contributed by atoms with Crippen LogP contribution in [0.25, 0.3) is 11.1 Å². The van der Waals surface area contributed by atoms with Gasteiger partial charge in [0.2, 0.25) is 11.8 Å². The number of hydrogen-bond acceptors (Lipinski definition) is 8. The Hall–Kier alpha value is -4.94. The number of carbonyl (C=O) groups excluding carboxylic acids is 2. The van der Waals surface area contributed by atoms with E-state index in [2.05, 4.69) is 52.0 Å². The van der Waals surface area contributed by atoms with Crippen LogP contribution in [0.1, 0.15) is 79.6 Å². The summed E-state index contributed by atoms with van der Waals surface area (Å²) in [6, 6.07) is 31.6. The van der Waals surface area contributed by atoms with Crippen LogP contribution < -0.4 is 16.4 Å². The number of hydrogen-bond donors (Lipinski definition) is 4. The quantitative estimate of drug-likeness (QED) is 0.0425. The number of nitrogens with one attached hydrogen (secondary N) is 2. The van der Waals surface area contributed by atoms with E-state index in [0.29, 0.717) is 37.2 Å². The Balaban J connectivity index is 0.976. The highest BCUT2D eigenvalue weighted by Crippen LogP contribution is 2.40. The Morgan fingerprint density at radius 1 is 0.852 bits per heavy atom. The lowest BCUT2D eigenvalue weighted by molar-refractivity contribution is -0.245. The van der Waals surface area contributed by atoms with Crippen LogP contribution in [0.5, 0.6) is 0 Å². The minimum absolute atomic E-state index is 0.00254. The number of aromatic nitrogens is 2. The molecule has 0 aliphatic carbocycles. The molecule has 1 saturated heterocycles. The SMILES string of the molecule is Cn1ccnc1SC[C@@H]1C[C@H](c2ccc(CO)cc2)O[C@H](c2ccc(-c3cccc(CNC(=O)CCCCCCC(=O)Nc4ccccc4N)c3)cc2)O1. The van der Waals surface area contributed by atoms with E-state index >= 15 is 0 Å². The summed E-state index contributed by atoms with van der Waals surface area (Å²) in [7, 11) is 1.99. The van der Waals surface area contributed by atoms with Gasteiger partial charge in [-0.25, -0.2) is 4.98 Å². The fourth-order valence-electron chi connectivity index (χ4n) is 6.41. The highest BCUT2D eigenvalue weighted by Gasteiger charge is 2.32. The number of imidazole rings is 1.